The van der Waals surface area contributed by atoms with Crippen molar-refractivity contribution in [3.05, 3.63) is 6.92 Å². The van der Waals surface area contributed by atoms with E-state index in [0.717, 1.165) is 19.3 Å². The van der Waals surface area contributed by atoms with Crippen molar-refractivity contribution in [2.24, 2.45) is 5.92 Å². The zero-order chi connectivity index (χ0) is 9.40. The second kappa shape index (κ2) is 7.14. The fourth-order valence-electron chi connectivity index (χ4n) is 0.778. The molecule has 0 saturated carbocycles. The number of esters is 1. The Kier molecular flexibility index (Phi) is 6.82. The molecular weight excluding hydrogens is 152 g/mol. The second-order valence-corrected chi connectivity index (χ2v) is 3.39. The number of hydrogen-bond donors (Lipinski definition) is 0. The minimum Gasteiger partial charge on any atom is -0.465 e. The fraction of sp³-hybridized carbons (Fsp3) is 0.800. The van der Waals surface area contributed by atoms with E-state index in [2.05, 4.69) is 6.92 Å². The Morgan fingerprint density at radius 1 is 1.42 bits per heavy atom. The van der Waals surface area contributed by atoms with Gasteiger partial charge < -0.3 is 4.74 Å². The lowest BCUT2D eigenvalue weighted by Crippen LogP contribution is -2.09. The van der Waals surface area contributed by atoms with E-state index in [1.165, 1.54) is 0 Å². The van der Waals surface area contributed by atoms with Crippen molar-refractivity contribution < 1.29 is 9.53 Å². The number of carbonyl (C=O) groups excluding carboxylic acids is 1. The van der Waals surface area contributed by atoms with Gasteiger partial charge in [-0.3, -0.25) is 4.79 Å². The minimum absolute atomic E-state index is 0.0721. The van der Waals surface area contributed by atoms with E-state index >= 15 is 0 Å². The van der Waals surface area contributed by atoms with Crippen LogP contribution in [0.25, 0.3) is 0 Å². The van der Waals surface area contributed by atoms with E-state index in [-0.39, 0.29) is 5.97 Å². The molecule has 0 N–H and O–H groups in total. The SMILES string of the molecule is [CH2]CCCCC(=O)OCC(C)C. The molecule has 1 radical (unpaired) electrons. The van der Waals surface area contributed by atoms with Gasteiger partial charge in [-0.1, -0.05) is 33.6 Å². The molecule has 71 valence electrons. The van der Waals surface area contributed by atoms with Crippen LogP contribution in [0.2, 0.25) is 0 Å². The van der Waals surface area contributed by atoms with Crippen LogP contribution in [0.4, 0.5) is 0 Å². The number of carbonyl (C=O) groups is 1. The average Bonchev–Trinajstić information content (AvgIpc) is 2.01. The van der Waals surface area contributed by atoms with Crippen LogP contribution < -0.4 is 0 Å². The zero-order valence-corrected chi connectivity index (χ0v) is 8.14. The molecule has 0 heterocycles. The molecule has 12 heavy (non-hydrogen) atoms. The molecule has 0 spiro atoms. The Labute approximate surface area is 75.3 Å². The molecule has 0 aromatic carbocycles. The largest absolute Gasteiger partial charge is 0.465 e. The van der Waals surface area contributed by atoms with Gasteiger partial charge in [0.25, 0.3) is 0 Å². The Hall–Kier alpha value is -0.530. The van der Waals surface area contributed by atoms with Crippen LogP contribution in [0, 0.1) is 12.8 Å². The summed E-state index contributed by atoms with van der Waals surface area (Å²) in [6.07, 6.45) is 3.36. The molecule has 0 aliphatic carbocycles. The molecule has 0 aromatic heterocycles. The average molecular weight is 171 g/mol. The molecule has 0 atom stereocenters. The highest BCUT2D eigenvalue weighted by atomic mass is 16.5. The summed E-state index contributed by atoms with van der Waals surface area (Å²) >= 11 is 0. The first-order chi connectivity index (χ1) is 5.66. The number of ether oxygens (including phenoxy) is 1. The van der Waals surface area contributed by atoms with Crippen molar-refractivity contribution in [2.75, 3.05) is 6.61 Å². The van der Waals surface area contributed by atoms with Crippen molar-refractivity contribution in [1.29, 1.82) is 0 Å². The molecular formula is C10H19O2. The van der Waals surface area contributed by atoms with Crippen LogP contribution in [0.5, 0.6) is 0 Å². The molecule has 2 nitrogen and oxygen atoms in total. The van der Waals surface area contributed by atoms with Crippen molar-refractivity contribution >= 4 is 5.97 Å². The smallest absolute Gasteiger partial charge is 0.305 e. The predicted octanol–water partition coefficient (Wildman–Crippen LogP) is 2.58. The lowest BCUT2D eigenvalue weighted by molar-refractivity contribution is -0.144. The molecule has 0 rings (SSSR count). The van der Waals surface area contributed by atoms with Gasteiger partial charge in [0.15, 0.2) is 0 Å². The Balaban J connectivity index is 3.22. The van der Waals surface area contributed by atoms with Crippen LogP contribution >= 0.6 is 0 Å². The standard InChI is InChI=1S/C10H19O2/c1-4-5-6-7-10(11)12-8-9(2)3/h9H,1,4-8H2,2-3H3. The monoisotopic (exact) mass is 171 g/mol. The molecule has 0 bridgehead atoms. The van der Waals surface area contributed by atoms with E-state index in [9.17, 15) is 4.79 Å². The normalized spacial score (nSPS) is 10.3. The molecule has 0 fully saturated rings. The Morgan fingerprint density at radius 3 is 2.58 bits per heavy atom. The number of unbranched alkanes of at least 4 members (excludes halogenated alkanes) is 2. The van der Waals surface area contributed by atoms with Gasteiger partial charge in [-0.2, -0.15) is 0 Å². The zero-order valence-electron chi connectivity index (χ0n) is 8.14. The number of rotatable bonds is 6. The number of hydrogen-bond acceptors (Lipinski definition) is 2. The molecule has 2 heteroatoms. The van der Waals surface area contributed by atoms with E-state index in [0.29, 0.717) is 18.9 Å². The van der Waals surface area contributed by atoms with Crippen LogP contribution in [-0.2, 0) is 9.53 Å². The van der Waals surface area contributed by atoms with Gasteiger partial charge in [0, 0.05) is 6.42 Å². The van der Waals surface area contributed by atoms with E-state index < -0.39 is 0 Å². The van der Waals surface area contributed by atoms with Gasteiger partial charge in [0.1, 0.15) is 0 Å². The third-order valence-electron chi connectivity index (χ3n) is 1.46. The van der Waals surface area contributed by atoms with Crippen LogP contribution in [-0.4, -0.2) is 12.6 Å². The van der Waals surface area contributed by atoms with Crippen LogP contribution in [0.15, 0.2) is 0 Å². The highest BCUT2D eigenvalue weighted by Gasteiger charge is 2.02. The Morgan fingerprint density at radius 2 is 2.08 bits per heavy atom. The Bertz CT molecular complexity index is 119. The van der Waals surface area contributed by atoms with E-state index in [4.69, 9.17) is 4.74 Å². The highest BCUT2D eigenvalue weighted by molar-refractivity contribution is 5.69. The van der Waals surface area contributed by atoms with Gasteiger partial charge in [-0.05, 0) is 12.3 Å². The fourth-order valence-corrected chi connectivity index (χ4v) is 0.778. The van der Waals surface area contributed by atoms with Crippen molar-refractivity contribution in [1.82, 2.24) is 0 Å². The van der Waals surface area contributed by atoms with E-state index in [1.807, 2.05) is 13.8 Å². The summed E-state index contributed by atoms with van der Waals surface area (Å²) in [4.78, 5) is 11.0. The lowest BCUT2D eigenvalue weighted by Gasteiger charge is -2.06. The topological polar surface area (TPSA) is 26.3 Å². The predicted molar refractivity (Wildman–Crippen MR) is 49.6 cm³/mol. The van der Waals surface area contributed by atoms with Gasteiger partial charge in [0.2, 0.25) is 0 Å². The van der Waals surface area contributed by atoms with Crippen LogP contribution in [0.3, 0.4) is 0 Å². The molecule has 0 aromatic rings. The third kappa shape index (κ3) is 7.58. The summed E-state index contributed by atoms with van der Waals surface area (Å²) in [5.74, 6) is 0.360. The van der Waals surface area contributed by atoms with E-state index in [1.54, 1.807) is 0 Å². The molecule has 0 saturated heterocycles. The van der Waals surface area contributed by atoms with Crippen LogP contribution in [0.1, 0.15) is 39.5 Å². The van der Waals surface area contributed by atoms with Crippen molar-refractivity contribution in [3.63, 3.8) is 0 Å². The second-order valence-electron chi connectivity index (χ2n) is 3.39. The lowest BCUT2D eigenvalue weighted by atomic mass is 10.2. The van der Waals surface area contributed by atoms with Crippen molar-refractivity contribution in [3.8, 4) is 0 Å². The first-order valence-corrected chi connectivity index (χ1v) is 4.61. The van der Waals surface area contributed by atoms with Crippen molar-refractivity contribution in [2.45, 2.75) is 39.5 Å². The minimum atomic E-state index is -0.0721. The first-order valence-electron chi connectivity index (χ1n) is 4.61. The maximum absolute atomic E-state index is 11.0. The maximum atomic E-state index is 11.0. The maximum Gasteiger partial charge on any atom is 0.305 e. The summed E-state index contributed by atoms with van der Waals surface area (Å²) in [6, 6.07) is 0. The molecule has 0 amide bonds. The quantitative estimate of drug-likeness (QED) is 0.453. The summed E-state index contributed by atoms with van der Waals surface area (Å²) in [5, 5.41) is 0. The summed E-state index contributed by atoms with van der Waals surface area (Å²) in [6.45, 7) is 8.31. The summed E-state index contributed by atoms with van der Waals surface area (Å²) in [7, 11) is 0. The molecule has 0 aliphatic heterocycles. The van der Waals surface area contributed by atoms with Gasteiger partial charge in [0.05, 0.1) is 6.61 Å². The molecule has 0 aliphatic rings. The highest BCUT2D eigenvalue weighted by Crippen LogP contribution is 2.01. The van der Waals surface area contributed by atoms with Gasteiger partial charge >= 0.3 is 5.97 Å². The van der Waals surface area contributed by atoms with Gasteiger partial charge in [-0.15, -0.1) is 0 Å². The van der Waals surface area contributed by atoms with Gasteiger partial charge in [-0.25, -0.2) is 0 Å². The third-order valence-corrected chi connectivity index (χ3v) is 1.46. The summed E-state index contributed by atoms with van der Waals surface area (Å²) < 4.78 is 4.99. The first kappa shape index (κ1) is 11.5. The molecule has 0 unspecified atom stereocenters. The summed E-state index contributed by atoms with van der Waals surface area (Å²) in [5.41, 5.74) is 0.